The third kappa shape index (κ3) is 2.85. The number of nitrogens with one attached hydrogen (secondary N) is 1. The van der Waals surface area contributed by atoms with E-state index < -0.39 is 0 Å². The van der Waals surface area contributed by atoms with Gasteiger partial charge < -0.3 is 5.32 Å². The SMILES string of the molecule is CNCCc1ccc(SN)cc1. The maximum absolute atomic E-state index is 5.40. The molecule has 0 aliphatic rings. The molecule has 0 saturated carbocycles. The molecule has 0 unspecified atom stereocenters. The van der Waals surface area contributed by atoms with Crippen LogP contribution in [0.15, 0.2) is 29.2 Å². The van der Waals surface area contributed by atoms with Crippen molar-refractivity contribution in [2.45, 2.75) is 11.3 Å². The highest BCUT2D eigenvalue weighted by atomic mass is 32.2. The molecule has 66 valence electrons. The average molecular weight is 182 g/mol. The summed E-state index contributed by atoms with van der Waals surface area (Å²) in [6.07, 6.45) is 1.08. The van der Waals surface area contributed by atoms with E-state index in [4.69, 9.17) is 5.14 Å². The van der Waals surface area contributed by atoms with Gasteiger partial charge in [0.2, 0.25) is 0 Å². The van der Waals surface area contributed by atoms with Crippen LogP contribution in [0.5, 0.6) is 0 Å². The van der Waals surface area contributed by atoms with Gasteiger partial charge in [-0.1, -0.05) is 12.1 Å². The van der Waals surface area contributed by atoms with Crippen molar-refractivity contribution in [1.29, 1.82) is 0 Å². The highest BCUT2D eigenvalue weighted by molar-refractivity contribution is 7.97. The molecular weight excluding hydrogens is 168 g/mol. The van der Waals surface area contributed by atoms with E-state index in [1.807, 2.05) is 7.05 Å². The Labute approximate surface area is 77.7 Å². The maximum atomic E-state index is 5.40. The number of benzene rings is 1. The monoisotopic (exact) mass is 182 g/mol. The predicted molar refractivity (Wildman–Crippen MR) is 54.1 cm³/mol. The molecule has 0 aromatic heterocycles. The van der Waals surface area contributed by atoms with Crippen LogP contribution in [0, 0.1) is 0 Å². The van der Waals surface area contributed by atoms with E-state index in [-0.39, 0.29) is 0 Å². The Bertz CT molecular complexity index is 220. The van der Waals surface area contributed by atoms with Gasteiger partial charge in [0, 0.05) is 4.90 Å². The predicted octanol–water partition coefficient (Wildman–Crippen LogP) is 1.41. The fourth-order valence-electron chi connectivity index (χ4n) is 1.00. The van der Waals surface area contributed by atoms with Crippen LogP contribution < -0.4 is 10.5 Å². The van der Waals surface area contributed by atoms with Gasteiger partial charge in [-0.3, -0.25) is 5.14 Å². The van der Waals surface area contributed by atoms with Crippen LogP contribution in [0.2, 0.25) is 0 Å². The summed E-state index contributed by atoms with van der Waals surface area (Å²) in [4.78, 5) is 1.11. The molecular formula is C9H14N2S. The number of nitrogens with two attached hydrogens (primary N) is 1. The summed E-state index contributed by atoms with van der Waals surface area (Å²) in [7, 11) is 1.96. The van der Waals surface area contributed by atoms with E-state index in [1.165, 1.54) is 17.5 Å². The molecule has 12 heavy (non-hydrogen) atoms. The molecule has 1 aromatic carbocycles. The van der Waals surface area contributed by atoms with E-state index in [0.717, 1.165) is 17.9 Å². The molecule has 0 bridgehead atoms. The first kappa shape index (κ1) is 9.58. The van der Waals surface area contributed by atoms with E-state index in [9.17, 15) is 0 Å². The van der Waals surface area contributed by atoms with Crippen LogP contribution in [0.25, 0.3) is 0 Å². The van der Waals surface area contributed by atoms with Crippen LogP contribution >= 0.6 is 11.9 Å². The Balaban J connectivity index is 2.53. The summed E-state index contributed by atoms with van der Waals surface area (Å²) in [5.74, 6) is 0. The molecule has 0 aliphatic carbocycles. The van der Waals surface area contributed by atoms with Crippen LogP contribution in [0.3, 0.4) is 0 Å². The largest absolute Gasteiger partial charge is 0.319 e. The zero-order valence-corrected chi connectivity index (χ0v) is 8.03. The Kier molecular flexibility index (Phi) is 4.14. The second-order valence-electron chi connectivity index (χ2n) is 2.62. The average Bonchev–Trinajstić information content (AvgIpc) is 2.15. The molecule has 0 heterocycles. The minimum atomic E-state index is 1.02. The summed E-state index contributed by atoms with van der Waals surface area (Å²) in [6.45, 7) is 1.02. The summed E-state index contributed by atoms with van der Waals surface area (Å²) in [5.41, 5.74) is 1.35. The van der Waals surface area contributed by atoms with Crippen molar-refractivity contribution in [1.82, 2.24) is 5.32 Å². The molecule has 3 heteroatoms. The number of likely N-dealkylation sites (N-methyl/N-ethyl adjacent to an activating group) is 1. The van der Waals surface area contributed by atoms with E-state index in [1.54, 1.807) is 0 Å². The van der Waals surface area contributed by atoms with E-state index >= 15 is 0 Å². The lowest BCUT2D eigenvalue weighted by Gasteiger charge is -2.01. The molecule has 0 atom stereocenters. The lowest BCUT2D eigenvalue weighted by molar-refractivity contribution is 0.791. The molecule has 2 nitrogen and oxygen atoms in total. The normalized spacial score (nSPS) is 10.2. The summed E-state index contributed by atoms with van der Waals surface area (Å²) >= 11 is 1.29. The van der Waals surface area contributed by atoms with Gasteiger partial charge in [-0.05, 0) is 49.7 Å². The molecule has 0 amide bonds. The van der Waals surface area contributed by atoms with Crippen LogP contribution in [-0.4, -0.2) is 13.6 Å². The Morgan fingerprint density at radius 1 is 1.33 bits per heavy atom. The molecule has 3 N–H and O–H groups in total. The maximum Gasteiger partial charge on any atom is 0.0226 e. The molecule has 0 fully saturated rings. The molecule has 0 radical (unpaired) electrons. The standard InChI is InChI=1S/C9H14N2S/c1-11-7-6-8-2-4-9(12-10)5-3-8/h2-5,11H,6-7,10H2,1H3. The quantitative estimate of drug-likeness (QED) is 0.692. The van der Waals surface area contributed by atoms with Gasteiger partial charge in [0.25, 0.3) is 0 Å². The van der Waals surface area contributed by atoms with Gasteiger partial charge in [-0.25, -0.2) is 0 Å². The number of hydrogen-bond donors (Lipinski definition) is 2. The van der Waals surface area contributed by atoms with Crippen LogP contribution in [0.4, 0.5) is 0 Å². The number of hydrogen-bond acceptors (Lipinski definition) is 3. The first-order valence-electron chi connectivity index (χ1n) is 3.97. The summed E-state index contributed by atoms with van der Waals surface area (Å²) in [6, 6.07) is 8.34. The van der Waals surface area contributed by atoms with Gasteiger partial charge >= 0.3 is 0 Å². The summed E-state index contributed by atoms with van der Waals surface area (Å²) in [5, 5.41) is 8.52. The van der Waals surface area contributed by atoms with Crippen molar-refractivity contribution in [3.8, 4) is 0 Å². The fraction of sp³-hybridized carbons (Fsp3) is 0.333. The first-order valence-corrected chi connectivity index (χ1v) is 4.85. The highest BCUT2D eigenvalue weighted by Gasteiger charge is 1.92. The van der Waals surface area contributed by atoms with Crippen LogP contribution in [0.1, 0.15) is 5.56 Å². The molecule has 0 saturated heterocycles. The zero-order valence-electron chi connectivity index (χ0n) is 7.21. The lowest BCUT2D eigenvalue weighted by Crippen LogP contribution is -2.10. The second kappa shape index (κ2) is 5.19. The zero-order chi connectivity index (χ0) is 8.81. The Hall–Kier alpha value is -0.510. The number of rotatable bonds is 4. The van der Waals surface area contributed by atoms with Crippen molar-refractivity contribution in [2.75, 3.05) is 13.6 Å². The first-order chi connectivity index (χ1) is 5.86. The highest BCUT2D eigenvalue weighted by Crippen LogP contribution is 2.12. The third-order valence-electron chi connectivity index (χ3n) is 1.72. The second-order valence-corrected chi connectivity index (χ2v) is 3.32. The third-order valence-corrected chi connectivity index (χ3v) is 2.27. The lowest BCUT2D eigenvalue weighted by atomic mass is 10.1. The van der Waals surface area contributed by atoms with E-state index in [2.05, 4.69) is 29.6 Å². The molecule has 0 aliphatic heterocycles. The van der Waals surface area contributed by atoms with Gasteiger partial charge in [0.05, 0.1) is 0 Å². The van der Waals surface area contributed by atoms with Crippen molar-refractivity contribution in [2.24, 2.45) is 5.14 Å². The van der Waals surface area contributed by atoms with Crippen molar-refractivity contribution in [3.05, 3.63) is 29.8 Å². The fourth-order valence-corrected chi connectivity index (χ4v) is 1.30. The Morgan fingerprint density at radius 2 is 2.00 bits per heavy atom. The van der Waals surface area contributed by atoms with Crippen LogP contribution in [-0.2, 0) is 6.42 Å². The Morgan fingerprint density at radius 3 is 2.50 bits per heavy atom. The van der Waals surface area contributed by atoms with Crippen molar-refractivity contribution < 1.29 is 0 Å². The topological polar surface area (TPSA) is 38.0 Å². The minimum Gasteiger partial charge on any atom is -0.319 e. The van der Waals surface area contributed by atoms with Crippen molar-refractivity contribution >= 4 is 11.9 Å². The van der Waals surface area contributed by atoms with Crippen molar-refractivity contribution in [3.63, 3.8) is 0 Å². The minimum absolute atomic E-state index is 1.02. The molecule has 1 rings (SSSR count). The van der Waals surface area contributed by atoms with Gasteiger partial charge in [0.15, 0.2) is 0 Å². The van der Waals surface area contributed by atoms with Gasteiger partial charge in [-0.2, -0.15) is 0 Å². The van der Waals surface area contributed by atoms with Gasteiger partial charge in [-0.15, -0.1) is 0 Å². The van der Waals surface area contributed by atoms with Gasteiger partial charge in [0.1, 0.15) is 0 Å². The molecule has 0 spiro atoms. The van der Waals surface area contributed by atoms with E-state index in [0.29, 0.717) is 0 Å². The smallest absolute Gasteiger partial charge is 0.0226 e. The summed E-state index contributed by atoms with van der Waals surface area (Å²) < 4.78 is 0. The molecule has 1 aromatic rings.